The van der Waals surface area contributed by atoms with E-state index in [1.54, 1.807) is 18.3 Å². The lowest BCUT2D eigenvalue weighted by Gasteiger charge is -1.97. The summed E-state index contributed by atoms with van der Waals surface area (Å²) in [5.41, 5.74) is 5.25. The molecule has 0 aliphatic rings. The number of aliphatic imine (C=N–C) groups is 1. The van der Waals surface area contributed by atoms with Gasteiger partial charge in [0, 0.05) is 11.1 Å². The van der Waals surface area contributed by atoms with Crippen LogP contribution in [0.5, 0.6) is 0 Å². The smallest absolute Gasteiger partial charge is 0.227 e. The second-order valence-corrected chi connectivity index (χ2v) is 7.00. The molecule has 0 saturated carbocycles. The molecule has 0 saturated heterocycles. The molecule has 0 fully saturated rings. The van der Waals surface area contributed by atoms with Crippen molar-refractivity contribution in [3.8, 4) is 22.8 Å². The number of halogens is 1. The van der Waals surface area contributed by atoms with Crippen molar-refractivity contribution in [1.29, 1.82) is 0 Å². The average molecular weight is 396 g/mol. The number of aryl methyl sites for hydroxylation is 1. The van der Waals surface area contributed by atoms with Crippen LogP contribution < -0.4 is 0 Å². The lowest BCUT2D eigenvalue weighted by Crippen LogP contribution is -1.78. The van der Waals surface area contributed by atoms with Crippen LogP contribution in [0.1, 0.15) is 11.3 Å². The van der Waals surface area contributed by atoms with Crippen LogP contribution in [0.3, 0.4) is 0 Å². The molecule has 0 aliphatic heterocycles. The quantitative estimate of drug-likeness (QED) is 0.309. The highest BCUT2D eigenvalue weighted by atomic mass is 19.1. The van der Waals surface area contributed by atoms with E-state index in [0.29, 0.717) is 17.4 Å². The van der Waals surface area contributed by atoms with Gasteiger partial charge >= 0.3 is 0 Å². The summed E-state index contributed by atoms with van der Waals surface area (Å²) in [6.07, 6.45) is 1.66. The second-order valence-electron chi connectivity index (χ2n) is 7.00. The number of fused-ring (bicyclic) bond motifs is 1. The third kappa shape index (κ3) is 3.65. The Morgan fingerprint density at radius 1 is 0.833 bits per heavy atom. The fourth-order valence-corrected chi connectivity index (χ4v) is 3.18. The minimum atomic E-state index is -0.275. The maximum Gasteiger partial charge on any atom is 0.227 e. The number of benzene rings is 3. The Bertz CT molecular complexity index is 1350. The Morgan fingerprint density at radius 2 is 1.60 bits per heavy atom. The molecule has 0 amide bonds. The second kappa shape index (κ2) is 7.44. The Kier molecular flexibility index (Phi) is 4.48. The van der Waals surface area contributed by atoms with E-state index in [2.05, 4.69) is 9.98 Å². The molecule has 0 spiro atoms. The van der Waals surface area contributed by atoms with Gasteiger partial charge in [0.1, 0.15) is 22.9 Å². The minimum Gasteiger partial charge on any atom is -0.455 e. The van der Waals surface area contributed by atoms with Crippen molar-refractivity contribution in [3.05, 3.63) is 96.0 Å². The first-order chi connectivity index (χ1) is 14.6. The Labute approximate surface area is 172 Å². The number of rotatable bonds is 4. The number of hydrogen-bond acceptors (Lipinski definition) is 4. The highest BCUT2D eigenvalue weighted by Crippen LogP contribution is 2.27. The Hall–Kier alpha value is -3.99. The van der Waals surface area contributed by atoms with Crippen LogP contribution in [0.2, 0.25) is 0 Å². The van der Waals surface area contributed by atoms with Crippen molar-refractivity contribution in [2.75, 3.05) is 0 Å². The van der Waals surface area contributed by atoms with E-state index in [9.17, 15) is 4.39 Å². The zero-order chi connectivity index (χ0) is 20.5. The molecular formula is C25H17FN2O2. The average Bonchev–Trinajstić information content (AvgIpc) is 3.40. The SMILES string of the molecule is Cc1ccc2oc(-c3ccc(N=Cc4ccc(-c5ccc(F)cc5)o4)cc3)nc2c1. The van der Waals surface area contributed by atoms with Crippen molar-refractivity contribution in [2.45, 2.75) is 6.92 Å². The molecular weight excluding hydrogens is 379 g/mol. The van der Waals surface area contributed by atoms with E-state index >= 15 is 0 Å². The molecule has 30 heavy (non-hydrogen) atoms. The van der Waals surface area contributed by atoms with E-state index in [4.69, 9.17) is 8.83 Å². The van der Waals surface area contributed by atoms with Crippen LogP contribution in [-0.4, -0.2) is 11.2 Å². The molecule has 2 aromatic heterocycles. The summed E-state index contributed by atoms with van der Waals surface area (Å²) in [5.74, 6) is 1.59. The van der Waals surface area contributed by atoms with Gasteiger partial charge in [0.15, 0.2) is 5.58 Å². The topological polar surface area (TPSA) is 51.5 Å². The highest BCUT2D eigenvalue weighted by Gasteiger charge is 2.08. The van der Waals surface area contributed by atoms with Gasteiger partial charge in [-0.1, -0.05) is 6.07 Å². The zero-order valence-electron chi connectivity index (χ0n) is 16.2. The summed E-state index contributed by atoms with van der Waals surface area (Å²) in [5, 5.41) is 0. The van der Waals surface area contributed by atoms with E-state index < -0.39 is 0 Å². The molecule has 0 bridgehead atoms. The monoisotopic (exact) mass is 396 g/mol. The zero-order valence-corrected chi connectivity index (χ0v) is 16.2. The van der Waals surface area contributed by atoms with Gasteiger partial charge in [0.25, 0.3) is 0 Å². The van der Waals surface area contributed by atoms with Gasteiger partial charge in [0.05, 0.1) is 11.9 Å². The molecule has 0 atom stereocenters. The number of aromatic nitrogens is 1. The summed E-state index contributed by atoms with van der Waals surface area (Å²) in [6, 6.07) is 23.4. The van der Waals surface area contributed by atoms with E-state index in [1.807, 2.05) is 61.5 Å². The summed E-state index contributed by atoms with van der Waals surface area (Å²) in [7, 11) is 0. The van der Waals surface area contributed by atoms with Crippen molar-refractivity contribution in [1.82, 2.24) is 4.98 Å². The lowest BCUT2D eigenvalue weighted by molar-refractivity contribution is 0.574. The molecule has 0 unspecified atom stereocenters. The summed E-state index contributed by atoms with van der Waals surface area (Å²) >= 11 is 0. The van der Waals surface area contributed by atoms with Gasteiger partial charge in [-0.3, -0.25) is 4.99 Å². The maximum absolute atomic E-state index is 13.1. The summed E-state index contributed by atoms with van der Waals surface area (Å²) in [6.45, 7) is 2.03. The Balaban J connectivity index is 1.33. The van der Waals surface area contributed by atoms with Crippen LogP contribution in [0, 0.1) is 12.7 Å². The van der Waals surface area contributed by atoms with Gasteiger partial charge in [0.2, 0.25) is 5.89 Å². The number of furan rings is 1. The summed E-state index contributed by atoms with van der Waals surface area (Å²) < 4.78 is 24.7. The molecule has 5 heteroatoms. The first-order valence-corrected chi connectivity index (χ1v) is 9.51. The van der Waals surface area contributed by atoms with Crippen LogP contribution in [-0.2, 0) is 0 Å². The summed E-state index contributed by atoms with van der Waals surface area (Å²) in [4.78, 5) is 9.02. The van der Waals surface area contributed by atoms with Crippen molar-refractivity contribution < 1.29 is 13.2 Å². The predicted molar refractivity (Wildman–Crippen MR) is 116 cm³/mol. The largest absolute Gasteiger partial charge is 0.455 e. The number of nitrogens with zero attached hydrogens (tertiary/aromatic N) is 2. The molecule has 3 aromatic carbocycles. The van der Waals surface area contributed by atoms with Crippen molar-refractivity contribution in [3.63, 3.8) is 0 Å². The fourth-order valence-electron chi connectivity index (χ4n) is 3.18. The van der Waals surface area contributed by atoms with Crippen LogP contribution in [0.15, 0.2) is 92.7 Å². The number of hydrogen-bond donors (Lipinski definition) is 0. The molecule has 4 nitrogen and oxygen atoms in total. The standard InChI is InChI=1S/C25H17FN2O2/c1-16-2-12-24-22(14-16)28-25(30-24)18-5-9-20(10-6-18)27-15-21-11-13-23(29-21)17-3-7-19(26)8-4-17/h2-15H,1H3. The highest BCUT2D eigenvalue weighted by molar-refractivity contribution is 5.80. The first-order valence-electron chi connectivity index (χ1n) is 9.51. The third-order valence-electron chi connectivity index (χ3n) is 4.75. The van der Waals surface area contributed by atoms with E-state index in [1.165, 1.54) is 12.1 Å². The lowest BCUT2D eigenvalue weighted by atomic mass is 10.2. The molecule has 0 radical (unpaired) electrons. The van der Waals surface area contributed by atoms with Gasteiger partial charge < -0.3 is 8.83 Å². The minimum absolute atomic E-state index is 0.275. The third-order valence-corrected chi connectivity index (χ3v) is 4.75. The van der Waals surface area contributed by atoms with Gasteiger partial charge in [-0.05, 0) is 85.3 Å². The Morgan fingerprint density at radius 3 is 2.40 bits per heavy atom. The number of oxazole rings is 1. The fraction of sp³-hybridized carbons (Fsp3) is 0.0400. The first kappa shape index (κ1) is 18.1. The van der Waals surface area contributed by atoms with Crippen LogP contribution in [0.4, 0.5) is 10.1 Å². The van der Waals surface area contributed by atoms with Gasteiger partial charge in [-0.2, -0.15) is 0 Å². The van der Waals surface area contributed by atoms with Gasteiger partial charge in [-0.25, -0.2) is 9.37 Å². The van der Waals surface area contributed by atoms with Crippen LogP contribution in [0.25, 0.3) is 33.9 Å². The molecule has 5 rings (SSSR count). The van der Waals surface area contributed by atoms with E-state index in [0.717, 1.165) is 33.5 Å². The van der Waals surface area contributed by atoms with Crippen LogP contribution >= 0.6 is 0 Å². The van der Waals surface area contributed by atoms with E-state index in [-0.39, 0.29) is 5.82 Å². The predicted octanol–water partition coefficient (Wildman–Crippen LogP) is 6.95. The molecule has 0 N–H and O–H groups in total. The normalized spacial score (nSPS) is 11.5. The maximum atomic E-state index is 13.1. The van der Waals surface area contributed by atoms with Crippen molar-refractivity contribution in [2.24, 2.45) is 4.99 Å². The van der Waals surface area contributed by atoms with Gasteiger partial charge in [-0.15, -0.1) is 0 Å². The van der Waals surface area contributed by atoms with Crippen molar-refractivity contribution >= 4 is 23.0 Å². The molecule has 2 heterocycles. The molecule has 146 valence electrons. The molecule has 0 aliphatic carbocycles. The molecule has 5 aromatic rings.